The summed E-state index contributed by atoms with van der Waals surface area (Å²) >= 11 is 0. The van der Waals surface area contributed by atoms with Gasteiger partial charge in [0.05, 0.1) is 5.41 Å². The molecular weight excluding hydrogens is 319 g/mol. The lowest BCUT2D eigenvalue weighted by molar-refractivity contribution is -0.130. The van der Waals surface area contributed by atoms with Gasteiger partial charge in [-0.15, -0.1) is 0 Å². The number of hydrogen-bond donors (Lipinski definition) is 1. The van der Waals surface area contributed by atoms with Gasteiger partial charge >= 0.3 is 0 Å². The molecule has 1 fully saturated rings. The summed E-state index contributed by atoms with van der Waals surface area (Å²) in [5.74, 6) is 1.34. The topological polar surface area (TPSA) is 58.1 Å². The SMILES string of the molecule is Cc1nccc(N2CCCC(C)(C(=O)NCc3ccc(F)cc3)C2)n1. The minimum absolute atomic E-state index is 0.0207. The molecule has 0 saturated carbocycles. The Labute approximate surface area is 147 Å². The van der Waals surface area contributed by atoms with Crippen molar-refractivity contribution in [1.29, 1.82) is 0 Å². The Morgan fingerprint density at radius 3 is 2.80 bits per heavy atom. The molecule has 25 heavy (non-hydrogen) atoms. The molecule has 1 unspecified atom stereocenters. The van der Waals surface area contributed by atoms with Crippen LogP contribution in [-0.4, -0.2) is 29.0 Å². The molecule has 1 N–H and O–H groups in total. The molecule has 1 amide bonds. The van der Waals surface area contributed by atoms with Crippen LogP contribution in [0, 0.1) is 18.2 Å². The molecule has 1 aromatic heterocycles. The van der Waals surface area contributed by atoms with Crippen LogP contribution in [0.5, 0.6) is 0 Å². The Bertz CT molecular complexity index is 749. The van der Waals surface area contributed by atoms with Crippen molar-refractivity contribution < 1.29 is 9.18 Å². The molecule has 1 aliphatic heterocycles. The molecule has 6 heteroatoms. The zero-order valence-corrected chi connectivity index (χ0v) is 14.6. The molecule has 132 valence electrons. The highest BCUT2D eigenvalue weighted by molar-refractivity contribution is 5.83. The summed E-state index contributed by atoms with van der Waals surface area (Å²) < 4.78 is 13.0. The van der Waals surface area contributed by atoms with Crippen LogP contribution in [0.2, 0.25) is 0 Å². The molecule has 0 aliphatic carbocycles. The Hall–Kier alpha value is -2.50. The van der Waals surface area contributed by atoms with Gasteiger partial charge < -0.3 is 10.2 Å². The van der Waals surface area contributed by atoms with Crippen LogP contribution in [0.15, 0.2) is 36.5 Å². The summed E-state index contributed by atoms with van der Waals surface area (Å²) in [6.07, 6.45) is 3.52. The van der Waals surface area contributed by atoms with Crippen LogP contribution in [0.25, 0.3) is 0 Å². The normalized spacial score (nSPS) is 20.4. The number of amides is 1. The number of aryl methyl sites for hydroxylation is 1. The van der Waals surface area contributed by atoms with E-state index in [1.807, 2.05) is 19.9 Å². The van der Waals surface area contributed by atoms with Crippen molar-refractivity contribution >= 4 is 11.7 Å². The lowest BCUT2D eigenvalue weighted by atomic mass is 9.81. The third kappa shape index (κ3) is 4.13. The van der Waals surface area contributed by atoms with Gasteiger partial charge in [-0.3, -0.25) is 4.79 Å². The first-order chi connectivity index (χ1) is 12.0. The minimum Gasteiger partial charge on any atom is -0.355 e. The van der Waals surface area contributed by atoms with Gasteiger partial charge in [0.2, 0.25) is 5.91 Å². The van der Waals surface area contributed by atoms with Crippen LogP contribution >= 0.6 is 0 Å². The van der Waals surface area contributed by atoms with E-state index in [9.17, 15) is 9.18 Å². The van der Waals surface area contributed by atoms with E-state index < -0.39 is 5.41 Å². The second-order valence-electron chi connectivity index (χ2n) is 6.86. The van der Waals surface area contributed by atoms with Crippen LogP contribution in [-0.2, 0) is 11.3 Å². The summed E-state index contributed by atoms with van der Waals surface area (Å²) in [5, 5.41) is 2.99. The van der Waals surface area contributed by atoms with Gasteiger partial charge in [0.1, 0.15) is 17.5 Å². The fraction of sp³-hybridized carbons (Fsp3) is 0.421. The number of anilines is 1. The fourth-order valence-corrected chi connectivity index (χ4v) is 3.24. The number of rotatable bonds is 4. The summed E-state index contributed by atoms with van der Waals surface area (Å²) in [4.78, 5) is 23.5. The lowest BCUT2D eigenvalue weighted by Crippen LogP contribution is -2.50. The van der Waals surface area contributed by atoms with Gasteiger partial charge in [0.25, 0.3) is 0 Å². The maximum Gasteiger partial charge on any atom is 0.227 e. The molecular formula is C19H23FN4O. The first-order valence-electron chi connectivity index (χ1n) is 8.54. The van der Waals surface area contributed by atoms with Gasteiger partial charge in [0.15, 0.2) is 0 Å². The van der Waals surface area contributed by atoms with Crippen molar-refractivity contribution in [3.05, 3.63) is 53.7 Å². The highest BCUT2D eigenvalue weighted by Crippen LogP contribution is 2.32. The maximum atomic E-state index is 13.0. The van der Waals surface area contributed by atoms with Gasteiger partial charge in [0, 0.05) is 25.8 Å². The summed E-state index contributed by atoms with van der Waals surface area (Å²) in [6, 6.07) is 8.07. The molecule has 1 aliphatic rings. The Morgan fingerprint density at radius 2 is 2.08 bits per heavy atom. The van der Waals surface area contributed by atoms with E-state index >= 15 is 0 Å². The van der Waals surface area contributed by atoms with Crippen molar-refractivity contribution in [2.24, 2.45) is 5.41 Å². The van der Waals surface area contributed by atoms with E-state index in [0.717, 1.165) is 36.6 Å². The van der Waals surface area contributed by atoms with Crippen LogP contribution in [0.1, 0.15) is 31.2 Å². The van der Waals surface area contributed by atoms with Crippen molar-refractivity contribution in [2.75, 3.05) is 18.0 Å². The molecule has 3 rings (SSSR count). The fourth-order valence-electron chi connectivity index (χ4n) is 3.24. The highest BCUT2D eigenvalue weighted by Gasteiger charge is 2.38. The van der Waals surface area contributed by atoms with Crippen molar-refractivity contribution in [1.82, 2.24) is 15.3 Å². The molecule has 0 spiro atoms. The van der Waals surface area contributed by atoms with Gasteiger partial charge in [-0.05, 0) is 50.5 Å². The van der Waals surface area contributed by atoms with E-state index in [2.05, 4.69) is 20.2 Å². The number of hydrogen-bond acceptors (Lipinski definition) is 4. The second kappa shape index (κ2) is 7.17. The number of nitrogens with zero attached hydrogens (tertiary/aromatic N) is 3. The molecule has 0 radical (unpaired) electrons. The molecule has 0 bridgehead atoms. The summed E-state index contributed by atoms with van der Waals surface area (Å²) in [5.41, 5.74) is 0.411. The largest absolute Gasteiger partial charge is 0.355 e. The monoisotopic (exact) mass is 342 g/mol. The number of nitrogens with one attached hydrogen (secondary N) is 1. The summed E-state index contributed by atoms with van der Waals surface area (Å²) in [6.45, 7) is 5.77. The first-order valence-corrected chi connectivity index (χ1v) is 8.54. The van der Waals surface area contributed by atoms with E-state index in [1.165, 1.54) is 12.1 Å². The van der Waals surface area contributed by atoms with Crippen LogP contribution < -0.4 is 10.2 Å². The smallest absolute Gasteiger partial charge is 0.227 e. The number of benzene rings is 1. The quantitative estimate of drug-likeness (QED) is 0.928. The zero-order valence-electron chi connectivity index (χ0n) is 14.6. The highest BCUT2D eigenvalue weighted by atomic mass is 19.1. The van der Waals surface area contributed by atoms with Crippen LogP contribution in [0.3, 0.4) is 0 Å². The molecule has 2 aromatic rings. The maximum absolute atomic E-state index is 13.0. The van der Waals surface area contributed by atoms with Crippen molar-refractivity contribution in [3.8, 4) is 0 Å². The average Bonchev–Trinajstić information content (AvgIpc) is 2.61. The minimum atomic E-state index is -0.475. The third-order valence-electron chi connectivity index (χ3n) is 4.70. The zero-order chi connectivity index (χ0) is 17.9. The van der Waals surface area contributed by atoms with E-state index in [0.29, 0.717) is 13.1 Å². The molecule has 1 atom stereocenters. The first kappa shape index (κ1) is 17.3. The third-order valence-corrected chi connectivity index (χ3v) is 4.70. The van der Waals surface area contributed by atoms with Gasteiger partial charge in [-0.25, -0.2) is 14.4 Å². The molecule has 1 saturated heterocycles. The number of carbonyl (C=O) groups excluding carboxylic acids is 1. The predicted molar refractivity (Wildman–Crippen MR) is 94.6 cm³/mol. The average molecular weight is 342 g/mol. The number of piperidine rings is 1. The second-order valence-corrected chi connectivity index (χ2v) is 6.86. The van der Waals surface area contributed by atoms with E-state index in [4.69, 9.17) is 0 Å². The van der Waals surface area contributed by atoms with E-state index in [1.54, 1.807) is 18.3 Å². The Balaban J connectivity index is 1.65. The summed E-state index contributed by atoms with van der Waals surface area (Å²) in [7, 11) is 0. The Morgan fingerprint density at radius 1 is 1.32 bits per heavy atom. The lowest BCUT2D eigenvalue weighted by Gasteiger charge is -2.40. The Kier molecular flexibility index (Phi) is 4.97. The van der Waals surface area contributed by atoms with Crippen LogP contribution in [0.4, 0.5) is 10.2 Å². The van der Waals surface area contributed by atoms with Crippen molar-refractivity contribution in [3.63, 3.8) is 0 Å². The molecule has 2 heterocycles. The number of halogens is 1. The number of carbonyl (C=O) groups is 1. The van der Waals surface area contributed by atoms with Crippen molar-refractivity contribution in [2.45, 2.75) is 33.2 Å². The number of aromatic nitrogens is 2. The van der Waals surface area contributed by atoms with E-state index in [-0.39, 0.29) is 11.7 Å². The van der Waals surface area contributed by atoms with Gasteiger partial charge in [-0.2, -0.15) is 0 Å². The predicted octanol–water partition coefficient (Wildman–Crippen LogP) is 2.85. The molecule has 5 nitrogen and oxygen atoms in total. The standard InChI is InChI=1S/C19H23FN4O/c1-14-21-10-8-17(23-14)24-11-3-9-19(2,13-24)18(25)22-12-15-4-6-16(20)7-5-15/h4-8,10H,3,9,11-13H2,1-2H3,(H,22,25). The molecule has 1 aromatic carbocycles. The van der Waals surface area contributed by atoms with Gasteiger partial charge in [-0.1, -0.05) is 12.1 Å².